The third-order valence-electron chi connectivity index (χ3n) is 3.30. The van der Waals surface area contributed by atoms with Crippen LogP contribution in [-0.4, -0.2) is 21.7 Å². The van der Waals surface area contributed by atoms with E-state index in [9.17, 15) is 9.90 Å². The van der Waals surface area contributed by atoms with Crippen LogP contribution in [0.4, 0.5) is 0 Å². The molecule has 102 valence electrons. The van der Waals surface area contributed by atoms with Crippen LogP contribution in [0.25, 0.3) is 0 Å². The van der Waals surface area contributed by atoms with Crippen LogP contribution in [0.15, 0.2) is 33.8 Å². The molecular formula is C14H17BrN2O2. The lowest BCUT2D eigenvalue weighted by molar-refractivity contribution is -0.157. The first-order chi connectivity index (χ1) is 9.01. The summed E-state index contributed by atoms with van der Waals surface area (Å²) in [5.41, 5.74) is 0.177. The Kier molecular flexibility index (Phi) is 4.06. The van der Waals surface area contributed by atoms with E-state index >= 15 is 0 Å². The average molecular weight is 325 g/mol. The van der Waals surface area contributed by atoms with Crippen molar-refractivity contribution < 1.29 is 9.90 Å². The van der Waals surface area contributed by atoms with E-state index in [4.69, 9.17) is 0 Å². The first kappa shape index (κ1) is 14.2. The number of nitrogens with zero attached hydrogens (tertiary/aromatic N) is 2. The standard InChI is InChI=1S/C14H17BrN2O2/c1-3-12-9-14(19,17(16-12)13(18)4-2)10-5-7-11(15)8-6-10/h5-8,19H,3-4,9H2,1-2H3/t14-/m0/s1. The van der Waals surface area contributed by atoms with Crippen molar-refractivity contribution in [3.8, 4) is 0 Å². The van der Waals surface area contributed by atoms with E-state index in [1.807, 2.05) is 31.2 Å². The summed E-state index contributed by atoms with van der Waals surface area (Å²) in [5, 5.41) is 16.4. The van der Waals surface area contributed by atoms with Crippen molar-refractivity contribution in [3.05, 3.63) is 34.3 Å². The quantitative estimate of drug-likeness (QED) is 0.929. The Bertz CT molecular complexity index is 513. The Morgan fingerprint density at radius 3 is 2.58 bits per heavy atom. The summed E-state index contributed by atoms with van der Waals surface area (Å²) in [6, 6.07) is 7.33. The Hall–Kier alpha value is -1.20. The number of carbonyl (C=O) groups excluding carboxylic acids is 1. The molecule has 1 aromatic rings. The average Bonchev–Trinajstić information content (AvgIpc) is 2.77. The van der Waals surface area contributed by atoms with Gasteiger partial charge in [-0.1, -0.05) is 41.9 Å². The number of hydrogen-bond donors (Lipinski definition) is 1. The summed E-state index contributed by atoms with van der Waals surface area (Å²) in [7, 11) is 0. The van der Waals surface area contributed by atoms with Crippen LogP contribution >= 0.6 is 15.9 Å². The number of hydrogen-bond acceptors (Lipinski definition) is 3. The van der Waals surface area contributed by atoms with Gasteiger partial charge in [0.1, 0.15) is 0 Å². The van der Waals surface area contributed by atoms with E-state index in [1.54, 1.807) is 6.92 Å². The van der Waals surface area contributed by atoms with Gasteiger partial charge in [-0.15, -0.1) is 0 Å². The van der Waals surface area contributed by atoms with Crippen molar-refractivity contribution in [2.24, 2.45) is 5.10 Å². The molecule has 0 spiro atoms. The maximum Gasteiger partial charge on any atom is 0.245 e. The highest BCUT2D eigenvalue weighted by molar-refractivity contribution is 9.10. The summed E-state index contributed by atoms with van der Waals surface area (Å²) in [4.78, 5) is 12.0. The van der Waals surface area contributed by atoms with Gasteiger partial charge in [0.25, 0.3) is 0 Å². The van der Waals surface area contributed by atoms with E-state index in [-0.39, 0.29) is 5.91 Å². The van der Waals surface area contributed by atoms with Gasteiger partial charge in [0.2, 0.25) is 5.91 Å². The molecule has 1 aliphatic heterocycles. The van der Waals surface area contributed by atoms with Crippen LogP contribution in [0.2, 0.25) is 0 Å². The van der Waals surface area contributed by atoms with E-state index < -0.39 is 5.72 Å². The van der Waals surface area contributed by atoms with Crippen LogP contribution in [-0.2, 0) is 10.5 Å². The molecule has 4 nitrogen and oxygen atoms in total. The van der Waals surface area contributed by atoms with Crippen molar-refractivity contribution in [3.63, 3.8) is 0 Å². The summed E-state index contributed by atoms with van der Waals surface area (Å²) in [5.74, 6) is -0.172. The van der Waals surface area contributed by atoms with Crippen LogP contribution in [0.1, 0.15) is 38.7 Å². The number of hydrazone groups is 1. The number of aliphatic hydroxyl groups is 1. The maximum absolute atomic E-state index is 12.0. The largest absolute Gasteiger partial charge is 0.365 e. The van der Waals surface area contributed by atoms with Gasteiger partial charge in [0, 0.05) is 28.6 Å². The summed E-state index contributed by atoms with van der Waals surface area (Å²) in [6.07, 6.45) is 1.42. The minimum atomic E-state index is -1.35. The molecule has 5 heteroatoms. The molecule has 0 aliphatic carbocycles. The topological polar surface area (TPSA) is 52.9 Å². The zero-order chi connectivity index (χ0) is 14.0. The predicted octanol–water partition coefficient (Wildman–Crippen LogP) is 3.00. The fraction of sp³-hybridized carbons (Fsp3) is 0.429. The van der Waals surface area contributed by atoms with Gasteiger partial charge in [0.05, 0.1) is 0 Å². The highest BCUT2D eigenvalue weighted by atomic mass is 79.9. The molecule has 19 heavy (non-hydrogen) atoms. The predicted molar refractivity (Wildman–Crippen MR) is 77.5 cm³/mol. The second-order valence-electron chi connectivity index (χ2n) is 4.58. The Balaban J connectivity index is 2.40. The molecule has 0 aromatic heterocycles. The lowest BCUT2D eigenvalue weighted by Gasteiger charge is -2.31. The molecule has 0 bridgehead atoms. The molecule has 1 heterocycles. The molecule has 0 unspecified atom stereocenters. The van der Waals surface area contributed by atoms with E-state index in [0.717, 1.165) is 16.6 Å². The lowest BCUT2D eigenvalue weighted by atomic mass is 9.96. The van der Waals surface area contributed by atoms with E-state index in [0.29, 0.717) is 18.4 Å². The molecule has 0 fully saturated rings. The zero-order valence-corrected chi connectivity index (χ0v) is 12.6. The van der Waals surface area contributed by atoms with Crippen molar-refractivity contribution >= 4 is 27.5 Å². The van der Waals surface area contributed by atoms with Gasteiger partial charge in [-0.2, -0.15) is 10.1 Å². The molecule has 0 radical (unpaired) electrons. The summed E-state index contributed by atoms with van der Waals surface area (Å²) < 4.78 is 0.933. The van der Waals surface area contributed by atoms with Gasteiger partial charge in [-0.05, 0) is 18.6 Å². The van der Waals surface area contributed by atoms with Crippen LogP contribution in [0, 0.1) is 0 Å². The number of rotatable bonds is 3. The lowest BCUT2D eigenvalue weighted by Crippen LogP contribution is -2.43. The monoisotopic (exact) mass is 324 g/mol. The second-order valence-corrected chi connectivity index (χ2v) is 5.49. The Labute approximate surface area is 121 Å². The van der Waals surface area contributed by atoms with Crippen molar-refractivity contribution in [2.45, 2.75) is 38.8 Å². The smallest absolute Gasteiger partial charge is 0.245 e. The maximum atomic E-state index is 12.0. The van der Waals surface area contributed by atoms with Gasteiger partial charge < -0.3 is 5.11 Å². The van der Waals surface area contributed by atoms with Gasteiger partial charge in [-0.3, -0.25) is 4.79 Å². The fourth-order valence-corrected chi connectivity index (χ4v) is 2.43. The summed E-state index contributed by atoms with van der Waals surface area (Å²) >= 11 is 3.36. The normalized spacial score (nSPS) is 22.5. The van der Waals surface area contributed by atoms with E-state index in [2.05, 4.69) is 21.0 Å². The zero-order valence-electron chi connectivity index (χ0n) is 11.1. The van der Waals surface area contributed by atoms with Crippen LogP contribution in [0.3, 0.4) is 0 Å². The number of benzene rings is 1. The first-order valence-corrected chi connectivity index (χ1v) is 7.18. The highest BCUT2D eigenvalue weighted by Crippen LogP contribution is 2.36. The minimum absolute atomic E-state index is 0.172. The van der Waals surface area contributed by atoms with Gasteiger partial charge in [-0.25, -0.2) is 0 Å². The van der Waals surface area contributed by atoms with Crippen molar-refractivity contribution in [1.82, 2.24) is 5.01 Å². The molecule has 1 N–H and O–H groups in total. The Morgan fingerprint density at radius 2 is 2.05 bits per heavy atom. The molecule has 1 atom stereocenters. The van der Waals surface area contributed by atoms with Crippen molar-refractivity contribution in [2.75, 3.05) is 0 Å². The van der Waals surface area contributed by atoms with Crippen LogP contribution < -0.4 is 0 Å². The first-order valence-electron chi connectivity index (χ1n) is 6.39. The Morgan fingerprint density at radius 1 is 1.42 bits per heavy atom. The second kappa shape index (κ2) is 5.43. The third kappa shape index (κ3) is 2.58. The number of halogens is 1. The van der Waals surface area contributed by atoms with Gasteiger partial charge in [0.15, 0.2) is 5.72 Å². The fourth-order valence-electron chi connectivity index (χ4n) is 2.17. The van der Waals surface area contributed by atoms with E-state index in [1.165, 1.54) is 5.01 Å². The molecule has 1 amide bonds. The van der Waals surface area contributed by atoms with Gasteiger partial charge >= 0.3 is 0 Å². The highest BCUT2D eigenvalue weighted by Gasteiger charge is 2.44. The van der Waals surface area contributed by atoms with Crippen LogP contribution in [0.5, 0.6) is 0 Å². The molecule has 0 saturated heterocycles. The minimum Gasteiger partial charge on any atom is -0.365 e. The molecular weight excluding hydrogens is 308 g/mol. The van der Waals surface area contributed by atoms with Crippen molar-refractivity contribution in [1.29, 1.82) is 0 Å². The molecule has 1 aromatic carbocycles. The number of carbonyl (C=O) groups is 1. The molecule has 0 saturated carbocycles. The summed E-state index contributed by atoms with van der Waals surface area (Å²) in [6.45, 7) is 3.74. The molecule has 2 rings (SSSR count). The number of amides is 1. The SMILES string of the molecule is CCC(=O)N1N=C(CC)C[C@]1(O)c1ccc(Br)cc1. The third-order valence-corrected chi connectivity index (χ3v) is 3.82. The molecule has 1 aliphatic rings.